The summed E-state index contributed by atoms with van der Waals surface area (Å²) in [6, 6.07) is 2.21. The van der Waals surface area contributed by atoms with Gasteiger partial charge in [-0.15, -0.1) is 0 Å². The van der Waals surface area contributed by atoms with Crippen molar-refractivity contribution in [3.63, 3.8) is 0 Å². The summed E-state index contributed by atoms with van der Waals surface area (Å²) >= 11 is 0. The van der Waals surface area contributed by atoms with Crippen LogP contribution >= 0.6 is 0 Å². The maximum atomic E-state index is 12.8. The van der Waals surface area contributed by atoms with Gasteiger partial charge in [0.25, 0.3) is 0 Å². The van der Waals surface area contributed by atoms with E-state index in [2.05, 4.69) is 37.6 Å². The summed E-state index contributed by atoms with van der Waals surface area (Å²) in [5.41, 5.74) is 3.20. The summed E-state index contributed by atoms with van der Waals surface area (Å²) in [6.07, 6.45) is 26.9. The minimum absolute atomic E-state index is 0.322. The van der Waals surface area contributed by atoms with Crippen LogP contribution in [0.1, 0.15) is 157 Å². The van der Waals surface area contributed by atoms with E-state index in [4.69, 9.17) is 5.26 Å². The van der Waals surface area contributed by atoms with E-state index in [1.165, 1.54) is 89.9 Å². The largest absolute Gasteiger partial charge is 0.351 e. The summed E-state index contributed by atoms with van der Waals surface area (Å²) in [4.78, 5) is 12.8. The zero-order chi connectivity index (χ0) is 24.2. The Morgan fingerprint density at radius 1 is 0.758 bits per heavy atom. The van der Waals surface area contributed by atoms with Crippen molar-refractivity contribution in [2.24, 2.45) is 0 Å². The zero-order valence-electron chi connectivity index (χ0n) is 22.2. The predicted octanol–water partition coefficient (Wildman–Crippen LogP) is 9.63. The summed E-state index contributed by atoms with van der Waals surface area (Å²) in [6.45, 7) is 7.38. The molecule has 0 aromatic carbocycles. The van der Waals surface area contributed by atoms with E-state index in [9.17, 15) is 4.79 Å². The smallest absolute Gasteiger partial charge is 0.164 e. The van der Waals surface area contributed by atoms with Gasteiger partial charge in [0.15, 0.2) is 5.78 Å². The number of rotatable bonds is 22. The minimum Gasteiger partial charge on any atom is -0.351 e. The molecule has 0 fully saturated rings. The second-order valence-electron chi connectivity index (χ2n) is 10.1. The van der Waals surface area contributed by atoms with Crippen molar-refractivity contribution in [3.05, 3.63) is 23.0 Å². The SMILES string of the molecule is CCCCCCCCCCCCCCCCCC(=O)c1c(C)cn(CCCCCC#N)c1C. The van der Waals surface area contributed by atoms with E-state index < -0.39 is 0 Å². The third-order valence-electron chi connectivity index (χ3n) is 7.01. The second kappa shape index (κ2) is 19.9. The highest BCUT2D eigenvalue weighted by molar-refractivity contribution is 5.98. The summed E-state index contributed by atoms with van der Waals surface area (Å²) < 4.78 is 2.24. The van der Waals surface area contributed by atoms with Gasteiger partial charge in [-0.25, -0.2) is 0 Å². The van der Waals surface area contributed by atoms with Crippen molar-refractivity contribution in [2.45, 2.75) is 156 Å². The predicted molar refractivity (Wildman–Crippen MR) is 142 cm³/mol. The molecule has 0 saturated carbocycles. The number of ketones is 1. The molecular formula is C30H52N2O. The molecule has 33 heavy (non-hydrogen) atoms. The monoisotopic (exact) mass is 456 g/mol. The van der Waals surface area contributed by atoms with Crippen LogP contribution in [0.25, 0.3) is 0 Å². The molecule has 0 aliphatic carbocycles. The Hall–Kier alpha value is -1.56. The number of hydrogen-bond donors (Lipinski definition) is 0. The molecule has 3 heteroatoms. The van der Waals surface area contributed by atoms with Crippen molar-refractivity contribution in [2.75, 3.05) is 0 Å². The molecule has 3 nitrogen and oxygen atoms in total. The Labute approximate surface area is 205 Å². The number of unbranched alkanes of at least 4 members (excludes halogenated alkanes) is 17. The van der Waals surface area contributed by atoms with Crippen LogP contribution in [-0.4, -0.2) is 10.4 Å². The van der Waals surface area contributed by atoms with Gasteiger partial charge in [0.2, 0.25) is 0 Å². The van der Waals surface area contributed by atoms with Gasteiger partial charge < -0.3 is 4.57 Å². The third-order valence-corrected chi connectivity index (χ3v) is 7.01. The molecular weight excluding hydrogens is 404 g/mol. The van der Waals surface area contributed by atoms with Crippen molar-refractivity contribution in [1.29, 1.82) is 5.26 Å². The van der Waals surface area contributed by atoms with Crippen LogP contribution in [-0.2, 0) is 6.54 Å². The van der Waals surface area contributed by atoms with Gasteiger partial charge in [-0.2, -0.15) is 5.26 Å². The standard InChI is InChI=1S/C30H52N2O/c1-4-5-6-7-8-9-10-11-12-13-14-15-16-17-20-23-29(33)30-27(2)26-32(28(30)3)25-22-19-18-21-24-31/h26H,4-23,25H2,1-3H3. The number of carbonyl (C=O) groups is 1. The summed E-state index contributed by atoms with van der Waals surface area (Å²) in [5, 5.41) is 8.64. The average molecular weight is 457 g/mol. The van der Waals surface area contributed by atoms with E-state index >= 15 is 0 Å². The van der Waals surface area contributed by atoms with Gasteiger partial charge in [0.1, 0.15) is 0 Å². The molecule has 0 N–H and O–H groups in total. The fourth-order valence-corrected chi connectivity index (χ4v) is 4.92. The number of aryl methyl sites for hydroxylation is 2. The second-order valence-corrected chi connectivity index (χ2v) is 10.1. The number of Topliss-reactive ketones (excluding diaryl/α,β-unsaturated/α-hetero) is 1. The fraction of sp³-hybridized carbons (Fsp3) is 0.800. The fourth-order valence-electron chi connectivity index (χ4n) is 4.92. The molecule has 0 bridgehead atoms. The van der Waals surface area contributed by atoms with Crippen LogP contribution in [0.2, 0.25) is 0 Å². The van der Waals surface area contributed by atoms with Crippen LogP contribution < -0.4 is 0 Å². The molecule has 1 heterocycles. The molecule has 1 aromatic heterocycles. The first-order valence-corrected chi connectivity index (χ1v) is 14.2. The zero-order valence-corrected chi connectivity index (χ0v) is 22.2. The lowest BCUT2D eigenvalue weighted by Gasteiger charge is -2.07. The Morgan fingerprint density at radius 2 is 1.24 bits per heavy atom. The van der Waals surface area contributed by atoms with Crippen molar-refractivity contribution < 1.29 is 4.79 Å². The van der Waals surface area contributed by atoms with Crippen LogP contribution in [0.4, 0.5) is 0 Å². The number of aromatic nitrogens is 1. The Bertz CT molecular complexity index is 668. The molecule has 0 aliphatic rings. The average Bonchev–Trinajstić information content (AvgIpc) is 3.09. The molecule has 1 rings (SSSR count). The van der Waals surface area contributed by atoms with Gasteiger partial charge in [0, 0.05) is 36.8 Å². The first-order valence-electron chi connectivity index (χ1n) is 14.2. The molecule has 0 spiro atoms. The molecule has 0 radical (unpaired) electrons. The van der Waals surface area contributed by atoms with E-state index in [1.807, 2.05) is 0 Å². The van der Waals surface area contributed by atoms with Gasteiger partial charge in [-0.1, -0.05) is 103 Å². The number of carbonyl (C=O) groups excluding carboxylic acids is 1. The quantitative estimate of drug-likeness (QED) is 0.129. The minimum atomic E-state index is 0.322. The highest BCUT2D eigenvalue weighted by Crippen LogP contribution is 2.21. The third kappa shape index (κ3) is 13.7. The Kier molecular flexibility index (Phi) is 17.7. The maximum Gasteiger partial charge on any atom is 0.164 e. The number of nitrogens with zero attached hydrogens (tertiary/aromatic N) is 2. The maximum absolute atomic E-state index is 12.8. The summed E-state index contributed by atoms with van der Waals surface area (Å²) in [5.74, 6) is 0.322. The molecule has 188 valence electrons. The molecule has 0 unspecified atom stereocenters. The highest BCUT2D eigenvalue weighted by Gasteiger charge is 2.16. The molecule has 0 aliphatic heterocycles. The first-order chi connectivity index (χ1) is 16.1. The molecule has 0 saturated heterocycles. The lowest BCUT2D eigenvalue weighted by atomic mass is 10.0. The van der Waals surface area contributed by atoms with Gasteiger partial charge in [-0.05, 0) is 38.7 Å². The van der Waals surface area contributed by atoms with Crippen LogP contribution in [0, 0.1) is 25.2 Å². The normalized spacial score (nSPS) is 11.1. The van der Waals surface area contributed by atoms with Gasteiger partial charge >= 0.3 is 0 Å². The molecule has 0 atom stereocenters. The van der Waals surface area contributed by atoms with Crippen molar-refractivity contribution in [1.82, 2.24) is 4.57 Å². The first kappa shape index (κ1) is 29.5. The Morgan fingerprint density at radius 3 is 1.76 bits per heavy atom. The van der Waals surface area contributed by atoms with Crippen molar-refractivity contribution >= 4 is 5.78 Å². The van der Waals surface area contributed by atoms with E-state index in [1.54, 1.807) is 0 Å². The van der Waals surface area contributed by atoms with Crippen LogP contribution in [0.15, 0.2) is 6.20 Å². The van der Waals surface area contributed by atoms with Gasteiger partial charge in [0.05, 0.1) is 6.07 Å². The summed E-state index contributed by atoms with van der Waals surface area (Å²) in [7, 11) is 0. The van der Waals surface area contributed by atoms with E-state index in [-0.39, 0.29) is 0 Å². The van der Waals surface area contributed by atoms with Gasteiger partial charge in [-0.3, -0.25) is 4.79 Å². The lowest BCUT2D eigenvalue weighted by molar-refractivity contribution is 0.0978. The van der Waals surface area contributed by atoms with Crippen molar-refractivity contribution in [3.8, 4) is 6.07 Å². The van der Waals surface area contributed by atoms with E-state index in [0.29, 0.717) is 18.6 Å². The van der Waals surface area contributed by atoms with E-state index in [0.717, 1.165) is 49.0 Å². The topological polar surface area (TPSA) is 45.8 Å². The van der Waals surface area contributed by atoms with Crippen LogP contribution in [0.5, 0.6) is 0 Å². The lowest BCUT2D eigenvalue weighted by Crippen LogP contribution is -2.05. The Balaban J connectivity index is 2.06. The number of hydrogen-bond acceptors (Lipinski definition) is 2. The number of nitriles is 1. The van der Waals surface area contributed by atoms with Crippen LogP contribution in [0.3, 0.4) is 0 Å². The molecule has 0 amide bonds. The molecule has 1 aromatic rings. The highest BCUT2D eigenvalue weighted by atomic mass is 16.1.